The standard InChI is InChI=1S/C12H18O6/c1-7(2)12(17)18-8(3)6-9(11(15)16)4-5-10(13)14/h8-9H,1,4-6H2,2-3H3,(H,13,14)(H,15,16). The van der Waals surface area contributed by atoms with Gasteiger partial charge in [-0.05, 0) is 26.7 Å². The summed E-state index contributed by atoms with van der Waals surface area (Å²) in [5, 5.41) is 17.4. The molecule has 0 rings (SSSR count). The average molecular weight is 258 g/mol. The number of carboxylic acids is 2. The Morgan fingerprint density at radius 1 is 1.28 bits per heavy atom. The van der Waals surface area contributed by atoms with Crippen LogP contribution >= 0.6 is 0 Å². The highest BCUT2D eigenvalue weighted by Gasteiger charge is 2.23. The lowest BCUT2D eigenvalue weighted by atomic mass is 9.97. The number of esters is 1. The van der Waals surface area contributed by atoms with Crippen LogP contribution in [0.5, 0.6) is 0 Å². The zero-order valence-corrected chi connectivity index (χ0v) is 10.5. The van der Waals surface area contributed by atoms with Crippen molar-refractivity contribution >= 4 is 17.9 Å². The lowest BCUT2D eigenvalue weighted by molar-refractivity contribution is -0.150. The highest BCUT2D eigenvalue weighted by Crippen LogP contribution is 2.16. The van der Waals surface area contributed by atoms with Gasteiger partial charge in [0.2, 0.25) is 0 Å². The molecule has 0 radical (unpaired) electrons. The molecule has 0 bridgehead atoms. The van der Waals surface area contributed by atoms with Crippen molar-refractivity contribution < 1.29 is 29.3 Å². The van der Waals surface area contributed by atoms with E-state index >= 15 is 0 Å². The Morgan fingerprint density at radius 2 is 1.83 bits per heavy atom. The third kappa shape index (κ3) is 6.67. The van der Waals surface area contributed by atoms with Gasteiger partial charge in [-0.2, -0.15) is 0 Å². The van der Waals surface area contributed by atoms with Gasteiger partial charge in [-0.15, -0.1) is 0 Å². The van der Waals surface area contributed by atoms with Gasteiger partial charge in [-0.1, -0.05) is 6.58 Å². The predicted molar refractivity (Wildman–Crippen MR) is 63.0 cm³/mol. The van der Waals surface area contributed by atoms with Crippen molar-refractivity contribution in [3.63, 3.8) is 0 Å². The summed E-state index contributed by atoms with van der Waals surface area (Å²) < 4.78 is 4.95. The first-order valence-electron chi connectivity index (χ1n) is 5.55. The SMILES string of the molecule is C=C(C)C(=O)OC(C)CC(CCC(=O)O)C(=O)O. The van der Waals surface area contributed by atoms with Crippen molar-refractivity contribution in [2.75, 3.05) is 0 Å². The van der Waals surface area contributed by atoms with Crippen molar-refractivity contribution in [3.05, 3.63) is 12.2 Å². The fraction of sp³-hybridized carbons (Fsp3) is 0.583. The van der Waals surface area contributed by atoms with E-state index in [9.17, 15) is 14.4 Å². The molecule has 0 aliphatic carbocycles. The van der Waals surface area contributed by atoms with Crippen molar-refractivity contribution in [1.82, 2.24) is 0 Å². The second-order valence-corrected chi connectivity index (χ2v) is 4.20. The van der Waals surface area contributed by atoms with Crippen LogP contribution in [0.2, 0.25) is 0 Å². The Labute approximate surface area is 105 Å². The van der Waals surface area contributed by atoms with E-state index in [0.717, 1.165) is 0 Å². The summed E-state index contributed by atoms with van der Waals surface area (Å²) in [4.78, 5) is 32.5. The molecule has 0 fully saturated rings. The quantitative estimate of drug-likeness (QED) is 0.504. The zero-order chi connectivity index (χ0) is 14.3. The summed E-state index contributed by atoms with van der Waals surface area (Å²) in [5.74, 6) is -3.55. The van der Waals surface area contributed by atoms with E-state index in [-0.39, 0.29) is 24.8 Å². The molecule has 6 heteroatoms. The number of carbonyl (C=O) groups is 3. The van der Waals surface area contributed by atoms with Gasteiger partial charge < -0.3 is 14.9 Å². The first-order valence-corrected chi connectivity index (χ1v) is 5.55. The number of ether oxygens (including phenoxy) is 1. The third-order valence-corrected chi connectivity index (χ3v) is 2.33. The van der Waals surface area contributed by atoms with Gasteiger partial charge in [0.1, 0.15) is 6.10 Å². The minimum absolute atomic E-state index is 0.0135. The monoisotopic (exact) mass is 258 g/mol. The van der Waals surface area contributed by atoms with Gasteiger partial charge in [0, 0.05) is 12.0 Å². The first-order chi connectivity index (χ1) is 8.23. The molecular formula is C12H18O6. The molecular weight excluding hydrogens is 240 g/mol. The largest absolute Gasteiger partial charge is 0.481 e. The van der Waals surface area contributed by atoms with Gasteiger partial charge in [0.25, 0.3) is 0 Å². The van der Waals surface area contributed by atoms with Crippen LogP contribution in [-0.4, -0.2) is 34.2 Å². The molecule has 6 nitrogen and oxygen atoms in total. The van der Waals surface area contributed by atoms with E-state index in [1.807, 2.05) is 0 Å². The van der Waals surface area contributed by atoms with Gasteiger partial charge in [-0.3, -0.25) is 9.59 Å². The van der Waals surface area contributed by atoms with Crippen LogP contribution < -0.4 is 0 Å². The molecule has 0 saturated heterocycles. The average Bonchev–Trinajstić information content (AvgIpc) is 2.23. The van der Waals surface area contributed by atoms with Crippen LogP contribution in [0.4, 0.5) is 0 Å². The zero-order valence-electron chi connectivity index (χ0n) is 10.5. The second-order valence-electron chi connectivity index (χ2n) is 4.20. The number of rotatable bonds is 8. The number of carboxylic acid groups (broad SMARTS) is 2. The first kappa shape index (κ1) is 16.1. The highest BCUT2D eigenvalue weighted by atomic mass is 16.5. The maximum absolute atomic E-state index is 11.2. The van der Waals surface area contributed by atoms with E-state index in [2.05, 4.69) is 6.58 Å². The van der Waals surface area contributed by atoms with Crippen LogP contribution in [0.1, 0.15) is 33.1 Å². The second kappa shape index (κ2) is 7.47. The Kier molecular flexibility index (Phi) is 6.70. The normalized spacial score (nSPS) is 13.4. The number of hydrogen-bond donors (Lipinski definition) is 2. The van der Waals surface area contributed by atoms with E-state index in [1.54, 1.807) is 6.92 Å². The smallest absolute Gasteiger partial charge is 0.333 e. The summed E-state index contributed by atoms with van der Waals surface area (Å²) in [7, 11) is 0. The molecule has 0 spiro atoms. The predicted octanol–water partition coefficient (Wildman–Crippen LogP) is 1.45. The van der Waals surface area contributed by atoms with E-state index in [4.69, 9.17) is 14.9 Å². The molecule has 0 aromatic rings. The molecule has 2 N–H and O–H groups in total. The molecule has 0 aromatic carbocycles. The molecule has 0 heterocycles. The van der Waals surface area contributed by atoms with Crippen LogP contribution in [-0.2, 0) is 19.1 Å². The summed E-state index contributed by atoms with van der Waals surface area (Å²) in [6.45, 7) is 6.47. The Hall–Kier alpha value is -1.85. The molecule has 18 heavy (non-hydrogen) atoms. The maximum Gasteiger partial charge on any atom is 0.333 e. The molecule has 2 atom stereocenters. The topological polar surface area (TPSA) is 101 Å². The minimum Gasteiger partial charge on any atom is -0.481 e. The molecule has 0 saturated carbocycles. The van der Waals surface area contributed by atoms with Crippen molar-refractivity contribution in [1.29, 1.82) is 0 Å². The molecule has 2 unspecified atom stereocenters. The molecule has 0 amide bonds. The van der Waals surface area contributed by atoms with Crippen LogP contribution in [0.25, 0.3) is 0 Å². The van der Waals surface area contributed by atoms with Crippen LogP contribution in [0.3, 0.4) is 0 Å². The number of aliphatic carboxylic acids is 2. The summed E-state index contributed by atoms with van der Waals surface area (Å²) in [5.41, 5.74) is 0.235. The van der Waals surface area contributed by atoms with Crippen LogP contribution in [0, 0.1) is 5.92 Å². The summed E-state index contributed by atoms with van der Waals surface area (Å²) in [6, 6.07) is 0. The number of hydrogen-bond acceptors (Lipinski definition) is 4. The molecule has 0 aliphatic heterocycles. The lowest BCUT2D eigenvalue weighted by Gasteiger charge is -2.17. The Morgan fingerprint density at radius 3 is 2.22 bits per heavy atom. The fourth-order valence-electron chi connectivity index (χ4n) is 1.37. The Bertz CT molecular complexity index is 346. The summed E-state index contributed by atoms with van der Waals surface area (Å²) in [6.07, 6.45) is -0.719. The molecule has 0 aromatic heterocycles. The minimum atomic E-state index is -1.09. The lowest BCUT2D eigenvalue weighted by Crippen LogP contribution is -2.24. The van der Waals surface area contributed by atoms with Gasteiger partial charge in [-0.25, -0.2) is 4.79 Å². The Balaban J connectivity index is 4.31. The van der Waals surface area contributed by atoms with Gasteiger partial charge in [0.05, 0.1) is 5.92 Å². The van der Waals surface area contributed by atoms with E-state index < -0.39 is 29.9 Å². The fourth-order valence-corrected chi connectivity index (χ4v) is 1.37. The highest BCUT2D eigenvalue weighted by molar-refractivity contribution is 5.87. The maximum atomic E-state index is 11.2. The van der Waals surface area contributed by atoms with Gasteiger partial charge >= 0.3 is 17.9 Å². The van der Waals surface area contributed by atoms with Crippen molar-refractivity contribution in [2.24, 2.45) is 5.92 Å². The van der Waals surface area contributed by atoms with Gasteiger partial charge in [0.15, 0.2) is 0 Å². The third-order valence-electron chi connectivity index (χ3n) is 2.33. The number of carbonyl (C=O) groups excluding carboxylic acids is 1. The van der Waals surface area contributed by atoms with Crippen molar-refractivity contribution in [3.8, 4) is 0 Å². The van der Waals surface area contributed by atoms with Crippen LogP contribution in [0.15, 0.2) is 12.2 Å². The van der Waals surface area contributed by atoms with Crippen molar-refractivity contribution in [2.45, 2.75) is 39.2 Å². The van der Waals surface area contributed by atoms with E-state index in [0.29, 0.717) is 0 Å². The molecule has 102 valence electrons. The summed E-state index contributed by atoms with van der Waals surface area (Å²) >= 11 is 0. The van der Waals surface area contributed by atoms with E-state index in [1.165, 1.54) is 6.92 Å². The molecule has 0 aliphatic rings.